The maximum Gasteiger partial charge on any atom is 0.337 e. The molecule has 0 amide bonds. The van der Waals surface area contributed by atoms with E-state index < -0.39 is 0 Å². The number of hydrogen-bond acceptors (Lipinski definition) is 3. The van der Waals surface area contributed by atoms with Crippen LogP contribution in [0.25, 0.3) is 5.76 Å². The van der Waals surface area contributed by atoms with Crippen molar-refractivity contribution in [3.8, 4) is 0 Å². The fourth-order valence-electron chi connectivity index (χ4n) is 2.89. The summed E-state index contributed by atoms with van der Waals surface area (Å²) < 4.78 is 4.74. The van der Waals surface area contributed by atoms with E-state index in [4.69, 9.17) is 4.74 Å². The number of aryl methyl sites for hydroxylation is 1. The number of ether oxygens (including phenoxy) is 1. The summed E-state index contributed by atoms with van der Waals surface area (Å²) in [6, 6.07) is 5.38. The first kappa shape index (κ1) is 12.3. The maximum absolute atomic E-state index is 11.5. The van der Waals surface area contributed by atoms with Gasteiger partial charge in [0.05, 0.1) is 12.7 Å². The molecule has 1 unspecified atom stereocenters. The van der Waals surface area contributed by atoms with Gasteiger partial charge in [-0.2, -0.15) is 0 Å². The van der Waals surface area contributed by atoms with Crippen LogP contribution in [0.15, 0.2) is 24.3 Å². The molecule has 2 aliphatic carbocycles. The molecule has 0 heterocycles. The zero-order valence-electron chi connectivity index (χ0n) is 11.1. The largest absolute Gasteiger partial charge is 0.508 e. The summed E-state index contributed by atoms with van der Waals surface area (Å²) in [5.74, 6) is 1.26. The lowest BCUT2D eigenvalue weighted by Crippen LogP contribution is -2.03. The molecule has 3 heteroatoms. The van der Waals surface area contributed by atoms with E-state index in [0.29, 0.717) is 17.2 Å². The lowest BCUT2D eigenvalue weighted by Gasteiger charge is -2.09. The third kappa shape index (κ3) is 2.37. The molecule has 1 fully saturated rings. The van der Waals surface area contributed by atoms with Crippen LogP contribution in [-0.2, 0) is 11.2 Å². The lowest BCUT2D eigenvalue weighted by atomic mass is 9.96. The normalized spacial score (nSPS) is 22.2. The number of esters is 1. The molecule has 1 N–H and O–H groups in total. The molecule has 0 aliphatic heterocycles. The average molecular weight is 258 g/mol. The number of carbonyl (C=O) groups excluding carboxylic acids is 1. The first-order chi connectivity index (χ1) is 9.19. The Morgan fingerprint density at radius 2 is 2.11 bits per heavy atom. The van der Waals surface area contributed by atoms with Crippen LogP contribution in [0.4, 0.5) is 0 Å². The number of benzene rings is 1. The van der Waals surface area contributed by atoms with Crippen molar-refractivity contribution in [1.29, 1.82) is 0 Å². The topological polar surface area (TPSA) is 46.5 Å². The Kier molecular flexibility index (Phi) is 3.05. The molecule has 3 nitrogen and oxygen atoms in total. The van der Waals surface area contributed by atoms with Crippen LogP contribution in [-0.4, -0.2) is 18.2 Å². The van der Waals surface area contributed by atoms with Crippen LogP contribution in [0.5, 0.6) is 0 Å². The molecule has 0 radical (unpaired) electrons. The summed E-state index contributed by atoms with van der Waals surface area (Å²) in [5, 5.41) is 10.2. The summed E-state index contributed by atoms with van der Waals surface area (Å²) in [7, 11) is 1.38. The van der Waals surface area contributed by atoms with Crippen molar-refractivity contribution in [1.82, 2.24) is 0 Å². The van der Waals surface area contributed by atoms with Gasteiger partial charge in [-0.05, 0) is 61.3 Å². The van der Waals surface area contributed by atoms with E-state index in [1.165, 1.54) is 20.0 Å². The number of allylic oxidation sites excluding steroid dienone is 1. The second-order valence-electron chi connectivity index (χ2n) is 5.46. The Bertz CT molecular complexity index is 541. The van der Waals surface area contributed by atoms with Crippen molar-refractivity contribution in [3.63, 3.8) is 0 Å². The fraction of sp³-hybridized carbons (Fsp3) is 0.438. The molecule has 19 heavy (non-hydrogen) atoms. The lowest BCUT2D eigenvalue weighted by molar-refractivity contribution is 0.0600. The summed E-state index contributed by atoms with van der Waals surface area (Å²) in [6.07, 6.45) is 6.51. The van der Waals surface area contributed by atoms with Gasteiger partial charge in [-0.3, -0.25) is 0 Å². The van der Waals surface area contributed by atoms with Gasteiger partial charge in [-0.25, -0.2) is 4.79 Å². The number of methoxy groups -OCH3 is 1. The van der Waals surface area contributed by atoms with Gasteiger partial charge in [0.15, 0.2) is 0 Å². The second-order valence-corrected chi connectivity index (χ2v) is 5.46. The quantitative estimate of drug-likeness (QED) is 0.827. The van der Waals surface area contributed by atoms with Crippen molar-refractivity contribution in [2.24, 2.45) is 11.8 Å². The Morgan fingerprint density at radius 1 is 1.32 bits per heavy atom. The highest BCUT2D eigenvalue weighted by atomic mass is 16.5. The van der Waals surface area contributed by atoms with E-state index in [1.54, 1.807) is 6.07 Å². The van der Waals surface area contributed by atoms with Gasteiger partial charge in [0.1, 0.15) is 5.76 Å². The Hall–Kier alpha value is -1.77. The first-order valence-corrected chi connectivity index (χ1v) is 6.81. The van der Waals surface area contributed by atoms with E-state index in [9.17, 15) is 9.90 Å². The molecule has 0 spiro atoms. The van der Waals surface area contributed by atoms with Crippen LogP contribution in [0.2, 0.25) is 0 Å². The highest BCUT2D eigenvalue weighted by molar-refractivity contribution is 5.90. The van der Waals surface area contributed by atoms with E-state index in [-0.39, 0.29) is 5.97 Å². The SMILES string of the molecule is COC(=O)c1ccc2c(c1)CCC(C1CC1)C=C2O. The summed E-state index contributed by atoms with van der Waals surface area (Å²) in [4.78, 5) is 11.5. The molecule has 0 saturated heterocycles. The third-order valence-corrected chi connectivity index (χ3v) is 4.15. The molecular formula is C16H18O3. The van der Waals surface area contributed by atoms with Gasteiger partial charge < -0.3 is 9.84 Å². The minimum atomic E-state index is -0.325. The summed E-state index contributed by atoms with van der Waals surface area (Å²) in [6.45, 7) is 0. The molecule has 2 aliphatic rings. The minimum absolute atomic E-state index is 0.325. The monoisotopic (exact) mass is 258 g/mol. The van der Waals surface area contributed by atoms with E-state index in [1.807, 2.05) is 18.2 Å². The third-order valence-electron chi connectivity index (χ3n) is 4.15. The van der Waals surface area contributed by atoms with Crippen molar-refractivity contribution in [2.45, 2.75) is 25.7 Å². The van der Waals surface area contributed by atoms with Crippen LogP contribution >= 0.6 is 0 Å². The van der Waals surface area contributed by atoms with E-state index in [0.717, 1.165) is 29.9 Å². The van der Waals surface area contributed by atoms with E-state index in [2.05, 4.69) is 0 Å². The molecule has 1 atom stereocenters. The summed E-state index contributed by atoms with van der Waals surface area (Å²) >= 11 is 0. The van der Waals surface area contributed by atoms with Gasteiger partial charge in [-0.1, -0.05) is 6.07 Å². The van der Waals surface area contributed by atoms with Crippen molar-refractivity contribution in [2.75, 3.05) is 7.11 Å². The van der Waals surface area contributed by atoms with Gasteiger partial charge in [0.2, 0.25) is 0 Å². The molecule has 1 saturated carbocycles. The molecule has 1 aromatic rings. The fourth-order valence-corrected chi connectivity index (χ4v) is 2.89. The maximum atomic E-state index is 11.5. The number of aliphatic hydroxyl groups excluding tert-OH is 1. The first-order valence-electron chi connectivity index (χ1n) is 6.81. The van der Waals surface area contributed by atoms with Crippen molar-refractivity contribution >= 4 is 11.7 Å². The predicted molar refractivity (Wildman–Crippen MR) is 72.9 cm³/mol. The van der Waals surface area contributed by atoms with Crippen LogP contribution < -0.4 is 0 Å². The zero-order chi connectivity index (χ0) is 13.4. The molecule has 3 rings (SSSR count). The second kappa shape index (κ2) is 4.72. The molecule has 0 aromatic heterocycles. The molecule has 1 aromatic carbocycles. The Morgan fingerprint density at radius 3 is 2.79 bits per heavy atom. The molecular weight excluding hydrogens is 240 g/mol. The van der Waals surface area contributed by atoms with Gasteiger partial charge in [0.25, 0.3) is 0 Å². The highest BCUT2D eigenvalue weighted by Crippen LogP contribution is 2.42. The van der Waals surface area contributed by atoms with Crippen molar-refractivity contribution in [3.05, 3.63) is 41.0 Å². The van der Waals surface area contributed by atoms with Gasteiger partial charge in [0, 0.05) is 5.56 Å². The number of carbonyl (C=O) groups is 1. The highest BCUT2D eigenvalue weighted by Gasteiger charge is 2.31. The standard InChI is InChI=1S/C16H18O3/c1-19-16(18)13-6-7-14-12(8-13)5-4-11(9-15(14)17)10-2-3-10/h6-11,17H,2-5H2,1H3. The Labute approximate surface area is 112 Å². The minimum Gasteiger partial charge on any atom is -0.508 e. The number of hydrogen-bond donors (Lipinski definition) is 1. The average Bonchev–Trinajstić information content (AvgIpc) is 3.25. The van der Waals surface area contributed by atoms with Gasteiger partial charge in [-0.15, -0.1) is 0 Å². The Balaban J connectivity index is 1.93. The van der Waals surface area contributed by atoms with E-state index >= 15 is 0 Å². The molecule has 0 bridgehead atoms. The summed E-state index contributed by atoms with van der Waals surface area (Å²) in [5.41, 5.74) is 2.45. The van der Waals surface area contributed by atoms with Crippen molar-refractivity contribution < 1.29 is 14.6 Å². The van der Waals surface area contributed by atoms with Crippen LogP contribution in [0, 0.1) is 11.8 Å². The zero-order valence-corrected chi connectivity index (χ0v) is 11.1. The van der Waals surface area contributed by atoms with Crippen LogP contribution in [0.3, 0.4) is 0 Å². The van der Waals surface area contributed by atoms with Crippen LogP contribution in [0.1, 0.15) is 40.7 Å². The predicted octanol–water partition coefficient (Wildman–Crippen LogP) is 3.34. The number of fused-ring (bicyclic) bond motifs is 1. The number of aliphatic hydroxyl groups is 1. The smallest absolute Gasteiger partial charge is 0.337 e. The number of rotatable bonds is 2. The molecule has 100 valence electrons. The van der Waals surface area contributed by atoms with Gasteiger partial charge >= 0.3 is 5.97 Å².